The maximum absolute atomic E-state index is 11.9. The second-order valence-electron chi connectivity index (χ2n) is 4.69. The second kappa shape index (κ2) is 4.52. The smallest absolute Gasteiger partial charge is 0.257 e. The largest absolute Gasteiger partial charge is 0.335 e. The van der Waals surface area contributed by atoms with Crippen LogP contribution in [0.4, 0.5) is 0 Å². The van der Waals surface area contributed by atoms with E-state index in [0.717, 1.165) is 0 Å². The van der Waals surface area contributed by atoms with Crippen LogP contribution in [0.3, 0.4) is 0 Å². The Balaban J connectivity index is 2.88. The fourth-order valence-electron chi connectivity index (χ4n) is 1.22. The topological polar surface area (TPSA) is 101 Å². The summed E-state index contributed by atoms with van der Waals surface area (Å²) in [4.78, 5) is 6.23. The number of H-pyrrole nitrogens is 1. The Morgan fingerprint density at radius 3 is 2.56 bits per heavy atom. The van der Waals surface area contributed by atoms with Crippen LogP contribution in [0.2, 0.25) is 0 Å². The lowest BCUT2D eigenvalue weighted by Gasteiger charge is -2.29. The Morgan fingerprint density at radius 2 is 2.19 bits per heavy atom. The van der Waals surface area contributed by atoms with E-state index in [1.165, 1.54) is 12.5 Å². The molecule has 0 amide bonds. The van der Waals surface area contributed by atoms with Crippen LogP contribution in [0, 0.1) is 5.41 Å². The fourth-order valence-corrected chi connectivity index (χ4v) is 2.58. The van der Waals surface area contributed by atoms with Gasteiger partial charge in [-0.2, -0.15) is 0 Å². The van der Waals surface area contributed by atoms with Gasteiger partial charge >= 0.3 is 0 Å². The summed E-state index contributed by atoms with van der Waals surface area (Å²) in [7, 11) is -3.56. The molecule has 0 radical (unpaired) electrons. The van der Waals surface area contributed by atoms with Gasteiger partial charge in [0.25, 0.3) is 10.0 Å². The molecular weight excluding hydrogens is 228 g/mol. The summed E-state index contributed by atoms with van der Waals surface area (Å²) in [5, 5.41) is 0.0511. The zero-order valence-corrected chi connectivity index (χ0v) is 10.5. The molecule has 92 valence electrons. The molecule has 1 rings (SSSR count). The first-order valence-corrected chi connectivity index (χ1v) is 6.46. The molecular formula is C9H18N4O2S. The van der Waals surface area contributed by atoms with Gasteiger partial charge in [0, 0.05) is 12.6 Å². The Hall–Kier alpha value is -0.920. The van der Waals surface area contributed by atoms with Crippen molar-refractivity contribution in [3.05, 3.63) is 12.5 Å². The van der Waals surface area contributed by atoms with Crippen molar-refractivity contribution in [1.29, 1.82) is 0 Å². The number of hydrogen-bond acceptors (Lipinski definition) is 4. The van der Waals surface area contributed by atoms with Crippen LogP contribution >= 0.6 is 0 Å². The molecule has 4 N–H and O–H groups in total. The van der Waals surface area contributed by atoms with Crippen molar-refractivity contribution in [2.75, 3.05) is 6.54 Å². The first kappa shape index (κ1) is 13.1. The minimum Gasteiger partial charge on any atom is -0.335 e. The molecule has 0 spiro atoms. The van der Waals surface area contributed by atoms with Gasteiger partial charge in [0.15, 0.2) is 5.03 Å². The molecule has 1 aromatic heterocycles. The summed E-state index contributed by atoms with van der Waals surface area (Å²) in [6.45, 7) is 6.04. The molecule has 0 fully saturated rings. The molecule has 0 aliphatic heterocycles. The molecule has 0 aliphatic carbocycles. The Morgan fingerprint density at radius 1 is 1.56 bits per heavy atom. The third kappa shape index (κ3) is 3.03. The molecule has 1 unspecified atom stereocenters. The third-order valence-electron chi connectivity index (χ3n) is 2.34. The monoisotopic (exact) mass is 246 g/mol. The minimum atomic E-state index is -3.56. The standard InChI is InChI=1S/C9H18N4O2S/c1-9(2,3)7(4-10)13-16(14,15)8-5-11-6-12-8/h5-7,13H,4,10H2,1-3H3,(H,11,12). The zero-order chi connectivity index (χ0) is 12.4. The highest BCUT2D eigenvalue weighted by Crippen LogP contribution is 2.20. The van der Waals surface area contributed by atoms with E-state index in [-0.39, 0.29) is 23.0 Å². The Bertz CT molecular complexity index is 419. The first-order valence-electron chi connectivity index (χ1n) is 4.98. The normalized spacial score (nSPS) is 15.0. The summed E-state index contributed by atoms with van der Waals surface area (Å²) in [5.41, 5.74) is 5.33. The maximum atomic E-state index is 11.9. The van der Waals surface area contributed by atoms with Crippen molar-refractivity contribution in [1.82, 2.24) is 14.7 Å². The molecule has 16 heavy (non-hydrogen) atoms. The summed E-state index contributed by atoms with van der Waals surface area (Å²) < 4.78 is 26.3. The van der Waals surface area contributed by atoms with Crippen LogP contribution in [0.5, 0.6) is 0 Å². The average molecular weight is 246 g/mol. The summed E-state index contributed by atoms with van der Waals surface area (Å²) in [5.74, 6) is 0. The van der Waals surface area contributed by atoms with Crippen LogP contribution in [0.1, 0.15) is 20.8 Å². The van der Waals surface area contributed by atoms with Gasteiger partial charge in [-0.1, -0.05) is 20.8 Å². The van der Waals surface area contributed by atoms with E-state index in [0.29, 0.717) is 0 Å². The van der Waals surface area contributed by atoms with Crippen LogP contribution in [-0.2, 0) is 10.0 Å². The van der Waals surface area contributed by atoms with E-state index in [2.05, 4.69) is 14.7 Å². The van der Waals surface area contributed by atoms with E-state index in [1.807, 2.05) is 20.8 Å². The van der Waals surface area contributed by atoms with Gasteiger partial charge in [-0.05, 0) is 5.41 Å². The predicted molar refractivity (Wildman–Crippen MR) is 61.2 cm³/mol. The number of nitrogens with one attached hydrogen (secondary N) is 2. The van der Waals surface area contributed by atoms with Crippen LogP contribution in [0.25, 0.3) is 0 Å². The van der Waals surface area contributed by atoms with Gasteiger partial charge in [-0.25, -0.2) is 18.1 Å². The first-order chi connectivity index (χ1) is 7.27. The van der Waals surface area contributed by atoms with E-state index in [9.17, 15) is 8.42 Å². The number of imidazole rings is 1. The highest BCUT2D eigenvalue weighted by atomic mass is 32.2. The lowest BCUT2D eigenvalue weighted by atomic mass is 9.88. The molecule has 0 saturated heterocycles. The van der Waals surface area contributed by atoms with Gasteiger partial charge in [0.2, 0.25) is 0 Å². The van der Waals surface area contributed by atoms with Crippen molar-refractivity contribution in [2.24, 2.45) is 11.1 Å². The maximum Gasteiger partial charge on any atom is 0.257 e. The fraction of sp³-hybridized carbons (Fsp3) is 0.667. The van der Waals surface area contributed by atoms with Crippen LogP contribution in [0.15, 0.2) is 17.6 Å². The summed E-state index contributed by atoms with van der Waals surface area (Å²) >= 11 is 0. The predicted octanol–water partition coefficient (Wildman–Crippen LogP) is 0.0614. The molecule has 0 aliphatic rings. The Kier molecular flexibility index (Phi) is 3.72. The zero-order valence-electron chi connectivity index (χ0n) is 9.69. The molecule has 0 aromatic carbocycles. The molecule has 1 heterocycles. The van der Waals surface area contributed by atoms with Gasteiger partial charge in [0.05, 0.1) is 12.5 Å². The Labute approximate surface area is 95.7 Å². The van der Waals surface area contributed by atoms with E-state index in [1.54, 1.807) is 0 Å². The highest BCUT2D eigenvalue weighted by Gasteiger charge is 2.28. The van der Waals surface area contributed by atoms with Crippen LogP contribution in [-0.4, -0.2) is 31.0 Å². The lowest BCUT2D eigenvalue weighted by molar-refractivity contribution is 0.304. The molecule has 6 nitrogen and oxygen atoms in total. The minimum absolute atomic E-state index is 0.0511. The number of hydrogen-bond donors (Lipinski definition) is 3. The van der Waals surface area contributed by atoms with Crippen molar-refractivity contribution in [2.45, 2.75) is 31.8 Å². The quantitative estimate of drug-likeness (QED) is 0.699. The molecule has 1 atom stereocenters. The summed E-state index contributed by atoms with van der Waals surface area (Å²) in [6.07, 6.45) is 2.58. The lowest BCUT2D eigenvalue weighted by Crippen LogP contribution is -2.48. The number of nitrogens with zero attached hydrogens (tertiary/aromatic N) is 1. The second-order valence-corrected chi connectivity index (χ2v) is 6.37. The molecule has 0 saturated carbocycles. The van der Waals surface area contributed by atoms with Crippen molar-refractivity contribution < 1.29 is 8.42 Å². The van der Waals surface area contributed by atoms with Gasteiger partial charge in [-0.15, -0.1) is 0 Å². The van der Waals surface area contributed by atoms with Gasteiger partial charge in [-0.3, -0.25) is 0 Å². The number of aromatic amines is 1. The highest BCUT2D eigenvalue weighted by molar-refractivity contribution is 7.89. The van der Waals surface area contributed by atoms with E-state index in [4.69, 9.17) is 5.73 Å². The third-order valence-corrected chi connectivity index (χ3v) is 3.74. The number of nitrogens with two attached hydrogens (primary N) is 1. The summed E-state index contributed by atoms with van der Waals surface area (Å²) in [6, 6.07) is -0.319. The van der Waals surface area contributed by atoms with Gasteiger partial charge < -0.3 is 10.7 Å². The number of rotatable bonds is 4. The average Bonchev–Trinajstić information content (AvgIpc) is 2.65. The van der Waals surface area contributed by atoms with Crippen molar-refractivity contribution in [3.63, 3.8) is 0 Å². The number of sulfonamides is 1. The molecule has 7 heteroatoms. The van der Waals surface area contributed by atoms with Gasteiger partial charge in [0.1, 0.15) is 0 Å². The van der Waals surface area contributed by atoms with Crippen LogP contribution < -0.4 is 10.5 Å². The SMILES string of the molecule is CC(C)(C)C(CN)NS(=O)(=O)c1cnc[nH]1. The molecule has 1 aromatic rings. The van der Waals surface area contributed by atoms with E-state index < -0.39 is 10.0 Å². The van der Waals surface area contributed by atoms with E-state index >= 15 is 0 Å². The van der Waals surface area contributed by atoms with Crippen molar-refractivity contribution >= 4 is 10.0 Å². The number of aromatic nitrogens is 2. The molecule has 0 bridgehead atoms. The van der Waals surface area contributed by atoms with Crippen molar-refractivity contribution in [3.8, 4) is 0 Å².